The van der Waals surface area contributed by atoms with Gasteiger partial charge >= 0.3 is 0 Å². The molecule has 1 atom stereocenters. The van der Waals surface area contributed by atoms with Gasteiger partial charge in [-0.25, -0.2) is 4.39 Å². The summed E-state index contributed by atoms with van der Waals surface area (Å²) in [6.45, 7) is 3.69. The lowest BCUT2D eigenvalue weighted by molar-refractivity contribution is 0.499. The lowest BCUT2D eigenvalue weighted by Gasteiger charge is -2.11. The van der Waals surface area contributed by atoms with E-state index in [0.29, 0.717) is 5.56 Å². The molecule has 0 saturated carbocycles. The summed E-state index contributed by atoms with van der Waals surface area (Å²) in [6.07, 6.45) is 0. The second-order valence-corrected chi connectivity index (χ2v) is 4.43. The predicted molar refractivity (Wildman–Crippen MR) is 65.6 cm³/mol. The second-order valence-electron chi connectivity index (χ2n) is 4.02. The van der Waals surface area contributed by atoms with E-state index in [2.05, 4.69) is 0 Å². The molecule has 1 aromatic carbocycles. The smallest absolute Gasteiger partial charge is 0.142 e. The van der Waals surface area contributed by atoms with Gasteiger partial charge in [0.05, 0.1) is 11.1 Å². The molecule has 0 aliphatic rings. The minimum absolute atomic E-state index is 0.0982. The monoisotopic (exact) mass is 253 g/mol. The Morgan fingerprint density at radius 3 is 2.53 bits per heavy atom. The molecule has 0 saturated heterocycles. The van der Waals surface area contributed by atoms with Gasteiger partial charge < -0.3 is 10.2 Å². The fourth-order valence-corrected chi connectivity index (χ4v) is 1.96. The SMILES string of the molecule is Cc1cc(C(N)c2ccc(Cl)c(F)c2)c(C)o1. The Hall–Kier alpha value is -1.32. The van der Waals surface area contributed by atoms with E-state index in [1.54, 1.807) is 6.07 Å². The standard InChI is InChI=1S/C13H13ClFNO/c1-7-5-10(8(2)17-7)13(16)9-3-4-11(14)12(15)6-9/h3-6,13H,16H2,1-2H3. The summed E-state index contributed by atoms with van der Waals surface area (Å²) in [6, 6.07) is 6.05. The largest absolute Gasteiger partial charge is 0.466 e. The lowest BCUT2D eigenvalue weighted by atomic mass is 10.00. The van der Waals surface area contributed by atoms with E-state index in [0.717, 1.165) is 17.1 Å². The first-order valence-electron chi connectivity index (χ1n) is 5.26. The maximum Gasteiger partial charge on any atom is 0.142 e. The zero-order valence-corrected chi connectivity index (χ0v) is 10.4. The van der Waals surface area contributed by atoms with Crippen LogP contribution in [0.1, 0.15) is 28.7 Å². The molecule has 90 valence electrons. The van der Waals surface area contributed by atoms with E-state index in [1.165, 1.54) is 12.1 Å². The van der Waals surface area contributed by atoms with Crippen LogP contribution in [0.15, 0.2) is 28.7 Å². The number of furan rings is 1. The molecule has 0 radical (unpaired) electrons. The van der Waals surface area contributed by atoms with Crippen LogP contribution in [-0.2, 0) is 0 Å². The van der Waals surface area contributed by atoms with Crippen molar-refractivity contribution < 1.29 is 8.81 Å². The summed E-state index contributed by atoms with van der Waals surface area (Å²) in [7, 11) is 0. The summed E-state index contributed by atoms with van der Waals surface area (Å²) in [5, 5.41) is 0.0982. The minimum Gasteiger partial charge on any atom is -0.466 e. The summed E-state index contributed by atoms with van der Waals surface area (Å²) >= 11 is 5.63. The number of halogens is 2. The molecule has 0 aliphatic carbocycles. The predicted octanol–water partition coefficient (Wildman–Crippen LogP) is 3.74. The van der Waals surface area contributed by atoms with E-state index in [9.17, 15) is 4.39 Å². The minimum atomic E-state index is -0.461. The van der Waals surface area contributed by atoms with Crippen molar-refractivity contribution in [3.8, 4) is 0 Å². The van der Waals surface area contributed by atoms with Crippen molar-refractivity contribution >= 4 is 11.6 Å². The van der Waals surface area contributed by atoms with Gasteiger partial charge in [-0.05, 0) is 37.6 Å². The molecule has 2 aromatic rings. The third-order valence-electron chi connectivity index (χ3n) is 2.72. The van der Waals surface area contributed by atoms with Gasteiger partial charge in [0.25, 0.3) is 0 Å². The number of hydrogen-bond donors (Lipinski definition) is 1. The Labute approximate surface area is 104 Å². The molecule has 1 unspecified atom stereocenters. The average Bonchev–Trinajstić information content (AvgIpc) is 2.61. The number of rotatable bonds is 2. The van der Waals surface area contributed by atoms with Crippen LogP contribution in [0.2, 0.25) is 5.02 Å². The maximum absolute atomic E-state index is 13.4. The second kappa shape index (κ2) is 4.51. The number of nitrogens with two attached hydrogens (primary N) is 1. The molecule has 0 fully saturated rings. The fourth-order valence-electron chi connectivity index (χ4n) is 1.84. The van der Waals surface area contributed by atoms with Gasteiger partial charge in [0, 0.05) is 5.56 Å². The van der Waals surface area contributed by atoms with E-state index in [4.69, 9.17) is 21.8 Å². The van der Waals surface area contributed by atoms with Gasteiger partial charge in [0.15, 0.2) is 0 Å². The first-order chi connectivity index (χ1) is 7.99. The highest BCUT2D eigenvalue weighted by Gasteiger charge is 2.16. The van der Waals surface area contributed by atoms with Gasteiger partial charge in [-0.3, -0.25) is 0 Å². The first-order valence-corrected chi connectivity index (χ1v) is 5.64. The third-order valence-corrected chi connectivity index (χ3v) is 3.02. The zero-order valence-electron chi connectivity index (χ0n) is 9.63. The van der Waals surface area contributed by atoms with Crippen LogP contribution in [0.25, 0.3) is 0 Å². The summed E-state index contributed by atoms with van der Waals surface area (Å²) in [5.74, 6) is 1.09. The Morgan fingerprint density at radius 2 is 2.00 bits per heavy atom. The van der Waals surface area contributed by atoms with Crippen molar-refractivity contribution in [2.75, 3.05) is 0 Å². The van der Waals surface area contributed by atoms with Gasteiger partial charge in [-0.1, -0.05) is 17.7 Å². The van der Waals surface area contributed by atoms with Crippen LogP contribution >= 0.6 is 11.6 Å². The molecular formula is C13H13ClFNO. The molecule has 1 heterocycles. The van der Waals surface area contributed by atoms with Crippen molar-refractivity contribution in [1.29, 1.82) is 0 Å². The molecule has 4 heteroatoms. The van der Waals surface area contributed by atoms with Crippen LogP contribution in [0.5, 0.6) is 0 Å². The average molecular weight is 254 g/mol. The highest BCUT2D eigenvalue weighted by atomic mass is 35.5. The van der Waals surface area contributed by atoms with Crippen molar-refractivity contribution in [2.24, 2.45) is 5.73 Å². The van der Waals surface area contributed by atoms with Crippen molar-refractivity contribution in [3.05, 3.63) is 57.8 Å². The topological polar surface area (TPSA) is 39.2 Å². The molecule has 0 spiro atoms. The zero-order chi connectivity index (χ0) is 12.6. The summed E-state index contributed by atoms with van der Waals surface area (Å²) < 4.78 is 18.8. The lowest BCUT2D eigenvalue weighted by Crippen LogP contribution is -2.12. The normalized spacial score (nSPS) is 12.8. The molecule has 2 N–H and O–H groups in total. The molecule has 17 heavy (non-hydrogen) atoms. The number of hydrogen-bond acceptors (Lipinski definition) is 2. The van der Waals surface area contributed by atoms with Crippen molar-refractivity contribution in [1.82, 2.24) is 0 Å². The number of aryl methyl sites for hydroxylation is 2. The fraction of sp³-hybridized carbons (Fsp3) is 0.231. The van der Waals surface area contributed by atoms with Crippen LogP contribution < -0.4 is 5.73 Å². The van der Waals surface area contributed by atoms with Crippen LogP contribution in [0.3, 0.4) is 0 Å². The van der Waals surface area contributed by atoms with Gasteiger partial charge in [0.2, 0.25) is 0 Å². The summed E-state index contributed by atoms with van der Waals surface area (Å²) in [5.41, 5.74) is 7.62. The van der Waals surface area contributed by atoms with Crippen LogP contribution in [-0.4, -0.2) is 0 Å². The first kappa shape index (κ1) is 12.1. The van der Waals surface area contributed by atoms with Gasteiger partial charge in [-0.2, -0.15) is 0 Å². The molecular weight excluding hydrogens is 241 g/mol. The van der Waals surface area contributed by atoms with Gasteiger partial charge in [0.1, 0.15) is 17.3 Å². The van der Waals surface area contributed by atoms with E-state index in [1.807, 2.05) is 19.9 Å². The van der Waals surface area contributed by atoms with E-state index in [-0.39, 0.29) is 5.02 Å². The van der Waals surface area contributed by atoms with Crippen molar-refractivity contribution in [3.63, 3.8) is 0 Å². The Morgan fingerprint density at radius 1 is 1.29 bits per heavy atom. The maximum atomic E-state index is 13.4. The highest BCUT2D eigenvalue weighted by molar-refractivity contribution is 6.30. The molecule has 2 nitrogen and oxygen atoms in total. The van der Waals surface area contributed by atoms with Crippen LogP contribution in [0.4, 0.5) is 4.39 Å². The quantitative estimate of drug-likeness (QED) is 0.886. The Kier molecular flexibility index (Phi) is 3.22. The number of benzene rings is 1. The third kappa shape index (κ3) is 2.35. The molecule has 1 aromatic heterocycles. The van der Waals surface area contributed by atoms with E-state index >= 15 is 0 Å². The van der Waals surface area contributed by atoms with E-state index < -0.39 is 11.9 Å². The van der Waals surface area contributed by atoms with Crippen LogP contribution in [0, 0.1) is 19.7 Å². The van der Waals surface area contributed by atoms with Gasteiger partial charge in [-0.15, -0.1) is 0 Å². The molecule has 0 amide bonds. The molecule has 0 bridgehead atoms. The Balaban J connectivity index is 2.40. The van der Waals surface area contributed by atoms with Crippen molar-refractivity contribution in [2.45, 2.75) is 19.9 Å². The molecule has 2 rings (SSSR count). The molecule has 0 aliphatic heterocycles. The highest BCUT2D eigenvalue weighted by Crippen LogP contribution is 2.27. The Bertz CT molecular complexity index is 550. The summed E-state index contributed by atoms with van der Waals surface area (Å²) in [4.78, 5) is 0.